The van der Waals surface area contributed by atoms with Crippen molar-refractivity contribution in [3.05, 3.63) is 81.8 Å². The first kappa shape index (κ1) is 16.0. The van der Waals surface area contributed by atoms with Gasteiger partial charge in [-0.15, -0.1) is 0 Å². The van der Waals surface area contributed by atoms with Crippen LogP contribution < -0.4 is 11.1 Å². The van der Waals surface area contributed by atoms with Gasteiger partial charge < -0.3 is 11.1 Å². The zero-order valence-corrected chi connectivity index (χ0v) is 14.8. The monoisotopic (exact) mass is 367 g/mol. The number of nitrogens with two attached hydrogens (primary N) is 1. The largest absolute Gasteiger partial charge is 0.383 e. The third-order valence-electron chi connectivity index (χ3n) is 4.27. The first-order valence-electron chi connectivity index (χ1n) is 7.89. The molecule has 1 aliphatic heterocycles. The van der Waals surface area contributed by atoms with Crippen LogP contribution in [0, 0.1) is 0 Å². The maximum atomic E-state index is 6.35. The Bertz CT molecular complexity index is 996. The molecule has 0 amide bonds. The van der Waals surface area contributed by atoms with Gasteiger partial charge in [-0.2, -0.15) is 0 Å². The highest BCUT2D eigenvalue weighted by Crippen LogP contribution is 2.38. The van der Waals surface area contributed by atoms with Gasteiger partial charge in [0.05, 0.1) is 15.7 Å². The molecule has 0 radical (unpaired) electrons. The fraction of sp³-hybridized carbons (Fsp3) is 0.0500. The molecule has 3 aromatic rings. The molecule has 124 valence electrons. The summed E-state index contributed by atoms with van der Waals surface area (Å²) < 4.78 is 0. The lowest BCUT2D eigenvalue weighted by molar-refractivity contribution is 1.13. The first-order valence-corrected chi connectivity index (χ1v) is 8.64. The van der Waals surface area contributed by atoms with Crippen LogP contribution in [-0.4, -0.2) is 5.84 Å². The summed E-state index contributed by atoms with van der Waals surface area (Å²) in [5, 5.41) is 4.30. The fourth-order valence-electron chi connectivity index (χ4n) is 3.08. The lowest BCUT2D eigenvalue weighted by Gasteiger charge is -2.24. The molecule has 5 heteroatoms. The topological polar surface area (TPSA) is 50.4 Å². The Hall–Kier alpha value is -2.49. The van der Waals surface area contributed by atoms with E-state index in [1.54, 1.807) is 18.2 Å². The van der Waals surface area contributed by atoms with Crippen LogP contribution >= 0.6 is 23.2 Å². The summed E-state index contributed by atoms with van der Waals surface area (Å²) in [6.07, 6.45) is 0. The lowest BCUT2D eigenvalue weighted by Crippen LogP contribution is -2.18. The van der Waals surface area contributed by atoms with Gasteiger partial charge in [-0.3, -0.25) is 0 Å². The first-order chi connectivity index (χ1) is 12.1. The molecule has 3 nitrogen and oxygen atoms in total. The Morgan fingerprint density at radius 1 is 0.960 bits per heavy atom. The van der Waals surface area contributed by atoms with Crippen LogP contribution in [0.3, 0.4) is 0 Å². The van der Waals surface area contributed by atoms with E-state index < -0.39 is 0 Å². The third-order valence-corrected chi connectivity index (χ3v) is 5.08. The Kier molecular flexibility index (Phi) is 4.12. The predicted molar refractivity (Wildman–Crippen MR) is 106 cm³/mol. The highest BCUT2D eigenvalue weighted by Gasteiger charge is 2.20. The molecule has 0 aromatic heterocycles. The van der Waals surface area contributed by atoms with Gasteiger partial charge in [0.1, 0.15) is 5.84 Å². The zero-order chi connectivity index (χ0) is 17.4. The molecule has 3 aromatic carbocycles. The SMILES string of the molecule is NC(=Nc1cccc(Cl)c1Cl)c1cccc2c1-c1ccccc1CN2. The van der Waals surface area contributed by atoms with Gasteiger partial charge in [-0.25, -0.2) is 4.99 Å². The fourth-order valence-corrected chi connectivity index (χ4v) is 3.42. The molecule has 1 heterocycles. The van der Waals surface area contributed by atoms with Crippen molar-refractivity contribution in [2.45, 2.75) is 6.54 Å². The zero-order valence-electron chi connectivity index (χ0n) is 13.3. The maximum Gasteiger partial charge on any atom is 0.132 e. The van der Waals surface area contributed by atoms with Gasteiger partial charge in [0.15, 0.2) is 0 Å². The molecule has 0 aliphatic carbocycles. The van der Waals surface area contributed by atoms with E-state index in [1.165, 1.54) is 11.1 Å². The van der Waals surface area contributed by atoms with Crippen LogP contribution in [0.15, 0.2) is 65.7 Å². The number of hydrogen-bond donors (Lipinski definition) is 2. The summed E-state index contributed by atoms with van der Waals surface area (Å²) in [5.74, 6) is 0.402. The van der Waals surface area contributed by atoms with Crippen LogP contribution in [-0.2, 0) is 6.54 Å². The molecule has 0 saturated carbocycles. The average molecular weight is 368 g/mol. The van der Waals surface area contributed by atoms with E-state index in [-0.39, 0.29) is 0 Å². The molecular formula is C20H15Cl2N3. The molecule has 0 fully saturated rings. The lowest BCUT2D eigenvalue weighted by atomic mass is 9.90. The van der Waals surface area contributed by atoms with Gasteiger partial charge in [0.25, 0.3) is 0 Å². The summed E-state index contributed by atoms with van der Waals surface area (Å²) in [4.78, 5) is 4.52. The minimum atomic E-state index is 0.399. The number of halogens is 2. The van der Waals surface area contributed by atoms with Crippen molar-refractivity contribution < 1.29 is 0 Å². The van der Waals surface area contributed by atoms with Crippen molar-refractivity contribution >= 4 is 40.4 Å². The molecule has 0 unspecified atom stereocenters. The number of rotatable bonds is 2. The maximum absolute atomic E-state index is 6.35. The van der Waals surface area contributed by atoms with Crippen molar-refractivity contribution in [3.63, 3.8) is 0 Å². The smallest absolute Gasteiger partial charge is 0.132 e. The van der Waals surface area contributed by atoms with E-state index in [0.29, 0.717) is 21.6 Å². The quantitative estimate of drug-likeness (QED) is 0.455. The second-order valence-corrected chi connectivity index (χ2v) is 6.59. The van der Waals surface area contributed by atoms with Crippen LogP contribution in [0.25, 0.3) is 11.1 Å². The van der Waals surface area contributed by atoms with Gasteiger partial charge in [-0.05, 0) is 29.3 Å². The van der Waals surface area contributed by atoms with Crippen molar-refractivity contribution in [1.29, 1.82) is 0 Å². The summed E-state index contributed by atoms with van der Waals surface area (Å²) in [7, 11) is 0. The predicted octanol–water partition coefficient (Wildman–Crippen LogP) is 5.62. The van der Waals surface area contributed by atoms with E-state index in [0.717, 1.165) is 23.4 Å². The second kappa shape index (κ2) is 6.43. The van der Waals surface area contributed by atoms with Crippen molar-refractivity contribution in [1.82, 2.24) is 0 Å². The molecule has 0 bridgehead atoms. The van der Waals surface area contributed by atoms with Gasteiger partial charge >= 0.3 is 0 Å². The Balaban J connectivity index is 1.88. The molecule has 0 saturated heterocycles. The van der Waals surface area contributed by atoms with Crippen molar-refractivity contribution in [2.24, 2.45) is 10.7 Å². The normalized spacial score (nSPS) is 13.0. The van der Waals surface area contributed by atoms with Gasteiger partial charge in [-0.1, -0.05) is 65.7 Å². The van der Waals surface area contributed by atoms with Crippen LogP contribution in [0.4, 0.5) is 11.4 Å². The summed E-state index contributed by atoms with van der Waals surface area (Å²) in [5.41, 5.74) is 12.3. The Labute approximate surface area is 156 Å². The van der Waals surface area contributed by atoms with E-state index >= 15 is 0 Å². The Morgan fingerprint density at radius 3 is 2.64 bits per heavy atom. The molecule has 1 aliphatic rings. The number of aliphatic imine (C=N–C) groups is 1. The number of amidine groups is 1. The minimum absolute atomic E-state index is 0.399. The van der Waals surface area contributed by atoms with Gasteiger partial charge in [0.2, 0.25) is 0 Å². The number of benzene rings is 3. The molecule has 0 atom stereocenters. The third kappa shape index (κ3) is 2.86. The van der Waals surface area contributed by atoms with Crippen molar-refractivity contribution in [3.8, 4) is 11.1 Å². The van der Waals surface area contributed by atoms with Gasteiger partial charge in [0, 0.05) is 23.4 Å². The number of nitrogens with zero attached hydrogens (tertiary/aromatic N) is 1. The summed E-state index contributed by atoms with van der Waals surface area (Å²) in [6.45, 7) is 0.795. The Morgan fingerprint density at radius 2 is 1.76 bits per heavy atom. The number of nitrogens with one attached hydrogen (secondary N) is 1. The van der Waals surface area contributed by atoms with Crippen LogP contribution in [0.1, 0.15) is 11.1 Å². The standard InChI is InChI=1S/C20H15Cl2N3/c21-15-8-4-10-17(19(15)22)25-20(23)14-7-3-9-16-18(14)13-6-2-1-5-12(13)11-24-16/h1-10,24H,11H2,(H2,23,25). The molecule has 25 heavy (non-hydrogen) atoms. The molecule has 3 N–H and O–H groups in total. The summed E-state index contributed by atoms with van der Waals surface area (Å²) in [6, 6.07) is 19.6. The van der Waals surface area contributed by atoms with E-state index in [9.17, 15) is 0 Å². The summed E-state index contributed by atoms with van der Waals surface area (Å²) >= 11 is 12.3. The van der Waals surface area contributed by atoms with Crippen LogP contribution in [0.5, 0.6) is 0 Å². The van der Waals surface area contributed by atoms with E-state index in [4.69, 9.17) is 28.9 Å². The number of hydrogen-bond acceptors (Lipinski definition) is 2. The van der Waals surface area contributed by atoms with E-state index in [1.807, 2.05) is 24.3 Å². The highest BCUT2D eigenvalue weighted by atomic mass is 35.5. The number of anilines is 1. The molecule has 4 rings (SSSR count). The average Bonchev–Trinajstić information content (AvgIpc) is 2.64. The minimum Gasteiger partial charge on any atom is -0.383 e. The van der Waals surface area contributed by atoms with Crippen LogP contribution in [0.2, 0.25) is 10.0 Å². The second-order valence-electron chi connectivity index (χ2n) is 5.81. The molecular weight excluding hydrogens is 353 g/mol. The highest BCUT2D eigenvalue weighted by molar-refractivity contribution is 6.43. The van der Waals surface area contributed by atoms with E-state index in [2.05, 4.69) is 28.5 Å². The molecule has 0 spiro atoms. The van der Waals surface area contributed by atoms with Crippen molar-refractivity contribution in [2.75, 3.05) is 5.32 Å². The number of fused-ring (bicyclic) bond motifs is 3.